The average Bonchev–Trinajstić information content (AvgIpc) is 2.75. The van der Waals surface area contributed by atoms with E-state index in [1.165, 1.54) is 5.56 Å². The molecule has 3 aromatic rings. The average molecular weight is 390 g/mol. The number of carbonyl (C=O) groups is 1. The fraction of sp³-hybridized carbons (Fsp3) is 0.130. The molecule has 3 rings (SSSR count). The highest BCUT2D eigenvalue weighted by molar-refractivity contribution is 7.99. The summed E-state index contributed by atoms with van der Waals surface area (Å²) < 4.78 is 0. The first kappa shape index (κ1) is 19.7. The maximum Gasteiger partial charge on any atom is 0.250 e. The number of hydrogen-bond acceptors (Lipinski definition) is 4. The van der Waals surface area contributed by atoms with Crippen molar-refractivity contribution in [2.75, 3.05) is 17.7 Å². The van der Waals surface area contributed by atoms with Gasteiger partial charge in [-0.25, -0.2) is 5.43 Å². The van der Waals surface area contributed by atoms with Gasteiger partial charge < -0.3 is 4.90 Å². The molecule has 1 amide bonds. The standard InChI is InChI=1S/C23H23N3OS/c1-26(21-10-6-3-7-11-21)22-14-12-19(13-15-22)16-24-25-23(27)18-28-17-20-8-4-2-5-9-20/h2-16H,17-18H2,1H3,(H,25,27)/b24-16+. The molecule has 0 saturated heterocycles. The fourth-order valence-corrected chi connectivity index (χ4v) is 3.41. The minimum atomic E-state index is -0.0994. The van der Waals surface area contributed by atoms with Crippen LogP contribution in [0.25, 0.3) is 0 Å². The number of anilines is 2. The summed E-state index contributed by atoms with van der Waals surface area (Å²) in [5.41, 5.74) is 6.94. The molecule has 0 heterocycles. The lowest BCUT2D eigenvalue weighted by Gasteiger charge is -2.19. The molecule has 0 aliphatic rings. The van der Waals surface area contributed by atoms with Gasteiger partial charge in [0.2, 0.25) is 5.91 Å². The van der Waals surface area contributed by atoms with Crippen LogP contribution < -0.4 is 10.3 Å². The molecule has 3 aromatic carbocycles. The van der Waals surface area contributed by atoms with E-state index in [1.54, 1.807) is 18.0 Å². The van der Waals surface area contributed by atoms with Crippen molar-refractivity contribution in [1.82, 2.24) is 5.43 Å². The second-order valence-electron chi connectivity index (χ2n) is 6.26. The molecule has 0 bridgehead atoms. The van der Waals surface area contributed by atoms with Gasteiger partial charge in [0.25, 0.3) is 0 Å². The van der Waals surface area contributed by atoms with Crippen molar-refractivity contribution in [2.45, 2.75) is 5.75 Å². The minimum Gasteiger partial charge on any atom is -0.345 e. The number of carbonyl (C=O) groups excluding carboxylic acids is 1. The predicted molar refractivity (Wildman–Crippen MR) is 119 cm³/mol. The second-order valence-corrected chi connectivity index (χ2v) is 7.24. The molecule has 0 fully saturated rings. The number of rotatable bonds is 8. The first-order valence-electron chi connectivity index (χ1n) is 9.05. The van der Waals surface area contributed by atoms with Gasteiger partial charge in [-0.2, -0.15) is 5.10 Å². The molecule has 142 valence electrons. The Labute approximate surface area is 170 Å². The van der Waals surface area contributed by atoms with Gasteiger partial charge in [0.15, 0.2) is 0 Å². The van der Waals surface area contributed by atoms with Crippen molar-refractivity contribution in [3.63, 3.8) is 0 Å². The highest BCUT2D eigenvalue weighted by Gasteiger charge is 2.03. The van der Waals surface area contributed by atoms with Crippen molar-refractivity contribution in [3.8, 4) is 0 Å². The SMILES string of the molecule is CN(c1ccccc1)c1ccc(/C=N/NC(=O)CSCc2ccccc2)cc1. The third-order valence-electron chi connectivity index (χ3n) is 4.17. The van der Waals surface area contributed by atoms with Gasteiger partial charge in [-0.1, -0.05) is 60.7 Å². The molecule has 4 nitrogen and oxygen atoms in total. The van der Waals surface area contributed by atoms with Crippen molar-refractivity contribution in [3.05, 3.63) is 96.1 Å². The molecule has 0 spiro atoms. The summed E-state index contributed by atoms with van der Waals surface area (Å²) in [5, 5.41) is 4.05. The van der Waals surface area contributed by atoms with Crippen LogP contribution in [0.5, 0.6) is 0 Å². The van der Waals surface area contributed by atoms with Crippen LogP contribution >= 0.6 is 11.8 Å². The number of nitrogens with zero attached hydrogens (tertiary/aromatic N) is 2. The van der Waals surface area contributed by atoms with Crippen molar-refractivity contribution in [1.29, 1.82) is 0 Å². The Bertz CT molecular complexity index is 896. The maximum atomic E-state index is 11.9. The zero-order chi connectivity index (χ0) is 19.6. The lowest BCUT2D eigenvalue weighted by Crippen LogP contribution is -2.19. The number of amides is 1. The zero-order valence-electron chi connectivity index (χ0n) is 15.8. The van der Waals surface area contributed by atoms with Crippen LogP contribution in [0.15, 0.2) is 90.0 Å². The lowest BCUT2D eigenvalue weighted by atomic mass is 10.2. The van der Waals surface area contributed by atoms with E-state index >= 15 is 0 Å². The van der Waals surface area contributed by atoms with E-state index in [2.05, 4.69) is 39.7 Å². The summed E-state index contributed by atoms with van der Waals surface area (Å²) in [5.74, 6) is 1.10. The number of hydrazone groups is 1. The third-order valence-corrected chi connectivity index (χ3v) is 5.18. The van der Waals surface area contributed by atoms with E-state index in [1.807, 2.05) is 67.7 Å². The van der Waals surface area contributed by atoms with Gasteiger partial charge in [-0.15, -0.1) is 11.8 Å². The lowest BCUT2D eigenvalue weighted by molar-refractivity contribution is -0.118. The first-order valence-corrected chi connectivity index (χ1v) is 10.2. The Kier molecular flexibility index (Phi) is 7.27. The van der Waals surface area contributed by atoms with E-state index in [0.29, 0.717) is 5.75 Å². The molecule has 0 aliphatic heterocycles. The number of nitrogens with one attached hydrogen (secondary N) is 1. The van der Waals surface area contributed by atoms with Crippen LogP contribution in [0, 0.1) is 0 Å². The molecular weight excluding hydrogens is 366 g/mol. The van der Waals surface area contributed by atoms with Gasteiger partial charge >= 0.3 is 0 Å². The van der Waals surface area contributed by atoms with Crippen LogP contribution in [-0.4, -0.2) is 24.9 Å². The summed E-state index contributed by atoms with van der Waals surface area (Å²) >= 11 is 1.57. The number of para-hydroxylation sites is 1. The first-order chi connectivity index (χ1) is 13.7. The maximum absolute atomic E-state index is 11.9. The fourth-order valence-electron chi connectivity index (χ4n) is 2.63. The van der Waals surface area contributed by atoms with Crippen LogP contribution in [0.2, 0.25) is 0 Å². The van der Waals surface area contributed by atoms with Gasteiger partial charge in [0.05, 0.1) is 12.0 Å². The molecule has 0 radical (unpaired) electrons. The smallest absolute Gasteiger partial charge is 0.250 e. The van der Waals surface area contributed by atoms with E-state index < -0.39 is 0 Å². The molecule has 5 heteroatoms. The van der Waals surface area contributed by atoms with Crippen LogP contribution in [-0.2, 0) is 10.5 Å². The third kappa shape index (κ3) is 5.99. The molecule has 0 saturated carbocycles. The largest absolute Gasteiger partial charge is 0.345 e. The van der Waals surface area contributed by atoms with Crippen molar-refractivity contribution < 1.29 is 4.79 Å². The van der Waals surface area contributed by atoms with Crippen molar-refractivity contribution >= 4 is 35.3 Å². The Balaban J connectivity index is 1.44. The van der Waals surface area contributed by atoms with Crippen LogP contribution in [0.1, 0.15) is 11.1 Å². The van der Waals surface area contributed by atoms with Gasteiger partial charge in [-0.3, -0.25) is 4.79 Å². The Morgan fingerprint density at radius 1 is 0.929 bits per heavy atom. The van der Waals surface area contributed by atoms with Crippen LogP contribution in [0.4, 0.5) is 11.4 Å². The second kappa shape index (κ2) is 10.3. The topological polar surface area (TPSA) is 44.7 Å². The Morgan fingerprint density at radius 3 is 2.21 bits per heavy atom. The zero-order valence-corrected chi connectivity index (χ0v) is 16.6. The predicted octanol–water partition coefficient (Wildman–Crippen LogP) is 4.84. The quantitative estimate of drug-likeness (QED) is 0.443. The molecule has 28 heavy (non-hydrogen) atoms. The summed E-state index contributed by atoms with van der Waals surface area (Å²) in [4.78, 5) is 14.0. The number of benzene rings is 3. The van der Waals surface area contributed by atoms with Gasteiger partial charge in [-0.05, 0) is 35.4 Å². The Hall–Kier alpha value is -3.05. The normalized spacial score (nSPS) is 10.8. The van der Waals surface area contributed by atoms with Crippen LogP contribution in [0.3, 0.4) is 0 Å². The molecule has 0 atom stereocenters. The van der Waals surface area contributed by atoms with Gasteiger partial charge in [0.1, 0.15) is 0 Å². The molecule has 0 aliphatic carbocycles. The Morgan fingerprint density at radius 2 is 1.54 bits per heavy atom. The minimum absolute atomic E-state index is 0.0994. The molecular formula is C23H23N3OS. The number of hydrogen-bond donors (Lipinski definition) is 1. The van der Waals surface area contributed by atoms with E-state index in [0.717, 1.165) is 22.7 Å². The van der Waals surface area contributed by atoms with Gasteiger partial charge in [0, 0.05) is 24.2 Å². The number of thioether (sulfide) groups is 1. The summed E-state index contributed by atoms with van der Waals surface area (Å²) in [6.07, 6.45) is 1.66. The molecule has 0 aromatic heterocycles. The van der Waals surface area contributed by atoms with E-state index in [-0.39, 0.29) is 5.91 Å². The molecule has 1 N–H and O–H groups in total. The summed E-state index contributed by atoms with van der Waals surface area (Å²) in [6.45, 7) is 0. The van der Waals surface area contributed by atoms with Crippen molar-refractivity contribution in [2.24, 2.45) is 5.10 Å². The highest BCUT2D eigenvalue weighted by atomic mass is 32.2. The molecule has 0 unspecified atom stereocenters. The monoisotopic (exact) mass is 389 g/mol. The summed E-state index contributed by atoms with van der Waals surface area (Å²) in [6, 6.07) is 28.3. The summed E-state index contributed by atoms with van der Waals surface area (Å²) in [7, 11) is 2.03. The van der Waals surface area contributed by atoms with E-state index in [9.17, 15) is 4.79 Å². The van der Waals surface area contributed by atoms with E-state index in [4.69, 9.17) is 0 Å². The highest BCUT2D eigenvalue weighted by Crippen LogP contribution is 2.22.